The van der Waals surface area contributed by atoms with Crippen molar-refractivity contribution in [2.24, 2.45) is 5.92 Å². The molecular formula is C12H15N3O2S. The summed E-state index contributed by atoms with van der Waals surface area (Å²) in [5.41, 5.74) is 7.03. The van der Waals surface area contributed by atoms with Crippen molar-refractivity contribution in [1.29, 1.82) is 0 Å². The number of H-pyrrole nitrogens is 1. The van der Waals surface area contributed by atoms with Gasteiger partial charge in [-0.15, -0.1) is 0 Å². The van der Waals surface area contributed by atoms with Gasteiger partial charge in [0, 0.05) is 28.8 Å². The van der Waals surface area contributed by atoms with Crippen LogP contribution in [-0.4, -0.2) is 19.4 Å². The number of rotatable bonds is 3. The van der Waals surface area contributed by atoms with Gasteiger partial charge in [-0.3, -0.25) is 0 Å². The van der Waals surface area contributed by atoms with Gasteiger partial charge in [-0.1, -0.05) is 6.92 Å². The second-order valence-electron chi connectivity index (χ2n) is 4.90. The van der Waals surface area contributed by atoms with E-state index in [2.05, 4.69) is 9.71 Å². The summed E-state index contributed by atoms with van der Waals surface area (Å²) in [6.45, 7) is 2.03. The summed E-state index contributed by atoms with van der Waals surface area (Å²) in [4.78, 5) is 3.22. The topological polar surface area (TPSA) is 88.0 Å². The molecule has 0 aliphatic heterocycles. The maximum Gasteiger partial charge on any atom is 0.242 e. The highest BCUT2D eigenvalue weighted by Crippen LogP contribution is 2.32. The van der Waals surface area contributed by atoms with Crippen LogP contribution in [0.3, 0.4) is 0 Å². The van der Waals surface area contributed by atoms with Crippen molar-refractivity contribution in [2.75, 3.05) is 5.73 Å². The lowest BCUT2D eigenvalue weighted by Crippen LogP contribution is -2.26. The van der Waals surface area contributed by atoms with Crippen LogP contribution >= 0.6 is 0 Å². The molecule has 0 amide bonds. The SMILES string of the molecule is CC1CC1NS(=O)(=O)c1c[nH]c2ccc(N)cc12. The van der Waals surface area contributed by atoms with Gasteiger partial charge in [0.1, 0.15) is 4.90 Å². The quantitative estimate of drug-likeness (QED) is 0.734. The normalized spacial score (nSPS) is 23.4. The largest absolute Gasteiger partial charge is 0.399 e. The molecule has 1 heterocycles. The first-order chi connectivity index (χ1) is 8.47. The molecule has 0 bridgehead atoms. The van der Waals surface area contributed by atoms with E-state index >= 15 is 0 Å². The zero-order valence-electron chi connectivity index (χ0n) is 9.97. The van der Waals surface area contributed by atoms with Gasteiger partial charge in [0.25, 0.3) is 0 Å². The van der Waals surface area contributed by atoms with Gasteiger partial charge in [0.05, 0.1) is 0 Å². The van der Waals surface area contributed by atoms with Gasteiger partial charge in [-0.2, -0.15) is 0 Å². The summed E-state index contributed by atoms with van der Waals surface area (Å²) < 4.78 is 27.2. The van der Waals surface area contributed by atoms with Gasteiger partial charge in [-0.25, -0.2) is 13.1 Å². The molecule has 4 N–H and O–H groups in total. The monoisotopic (exact) mass is 265 g/mol. The maximum absolute atomic E-state index is 12.2. The van der Waals surface area contributed by atoms with Gasteiger partial charge in [0.2, 0.25) is 10.0 Å². The molecule has 1 saturated carbocycles. The standard InChI is InChI=1S/C12H15N3O2S/c1-7-4-11(7)15-18(16,17)12-6-14-10-3-2-8(13)5-9(10)12/h2-3,5-7,11,14-15H,4,13H2,1H3. The maximum atomic E-state index is 12.2. The molecule has 5 nitrogen and oxygen atoms in total. The molecule has 0 radical (unpaired) electrons. The Labute approximate surface area is 105 Å². The number of nitrogens with two attached hydrogens (primary N) is 1. The van der Waals surface area contributed by atoms with Crippen molar-refractivity contribution >= 4 is 26.6 Å². The zero-order chi connectivity index (χ0) is 12.9. The summed E-state index contributed by atoms with van der Waals surface area (Å²) in [5, 5.41) is 0.635. The molecule has 0 spiro atoms. The number of aromatic amines is 1. The van der Waals surface area contributed by atoms with Gasteiger partial charge in [0.15, 0.2) is 0 Å². The average molecular weight is 265 g/mol. The molecule has 2 aromatic rings. The highest BCUT2D eigenvalue weighted by Gasteiger charge is 2.37. The number of aromatic nitrogens is 1. The summed E-state index contributed by atoms with van der Waals surface area (Å²) in [5.74, 6) is 0.426. The van der Waals surface area contributed by atoms with E-state index in [4.69, 9.17) is 5.73 Å². The summed E-state index contributed by atoms with van der Waals surface area (Å²) in [7, 11) is -3.47. The Kier molecular flexibility index (Phi) is 2.39. The Balaban J connectivity index is 2.05. The van der Waals surface area contributed by atoms with Gasteiger partial charge >= 0.3 is 0 Å². The molecule has 2 unspecified atom stereocenters. The van der Waals surface area contributed by atoms with Crippen LogP contribution in [0.4, 0.5) is 5.69 Å². The number of benzene rings is 1. The van der Waals surface area contributed by atoms with Crippen LogP contribution in [0.2, 0.25) is 0 Å². The summed E-state index contributed by atoms with van der Waals surface area (Å²) in [6.07, 6.45) is 2.42. The number of anilines is 1. The Morgan fingerprint density at radius 3 is 2.83 bits per heavy atom. The molecule has 1 fully saturated rings. The molecule has 2 atom stereocenters. The van der Waals surface area contributed by atoms with E-state index in [0.29, 0.717) is 17.0 Å². The minimum Gasteiger partial charge on any atom is -0.399 e. The minimum absolute atomic E-state index is 0.0704. The van der Waals surface area contributed by atoms with E-state index in [1.807, 2.05) is 6.92 Å². The van der Waals surface area contributed by atoms with Crippen LogP contribution in [0.25, 0.3) is 10.9 Å². The predicted octanol–water partition coefficient (Wildman–Crippen LogP) is 1.44. The number of sulfonamides is 1. The Morgan fingerprint density at radius 2 is 2.17 bits per heavy atom. The van der Waals surface area contributed by atoms with E-state index < -0.39 is 10.0 Å². The fourth-order valence-corrected chi connectivity index (χ4v) is 3.61. The van der Waals surface area contributed by atoms with E-state index in [9.17, 15) is 8.42 Å². The number of hydrogen-bond donors (Lipinski definition) is 3. The van der Waals surface area contributed by atoms with Crippen molar-refractivity contribution in [3.8, 4) is 0 Å². The molecule has 6 heteroatoms. The van der Waals surface area contributed by atoms with Crippen molar-refractivity contribution in [3.63, 3.8) is 0 Å². The lowest BCUT2D eigenvalue weighted by molar-refractivity contribution is 0.579. The fourth-order valence-electron chi connectivity index (χ4n) is 2.08. The predicted molar refractivity (Wildman–Crippen MR) is 70.6 cm³/mol. The lowest BCUT2D eigenvalue weighted by atomic mass is 10.2. The minimum atomic E-state index is -3.47. The first-order valence-corrected chi connectivity index (χ1v) is 7.34. The summed E-state index contributed by atoms with van der Waals surface area (Å²) >= 11 is 0. The molecule has 1 aliphatic carbocycles. The molecule has 1 aromatic heterocycles. The van der Waals surface area contributed by atoms with E-state index in [0.717, 1.165) is 11.9 Å². The molecule has 1 aromatic carbocycles. The van der Waals surface area contributed by atoms with Crippen LogP contribution in [0.15, 0.2) is 29.3 Å². The highest BCUT2D eigenvalue weighted by molar-refractivity contribution is 7.89. The number of nitrogen functional groups attached to an aromatic ring is 1. The molecule has 1 aliphatic rings. The van der Waals surface area contributed by atoms with Gasteiger partial charge in [-0.05, 0) is 30.5 Å². The average Bonchev–Trinajstić information content (AvgIpc) is 2.81. The molecule has 18 heavy (non-hydrogen) atoms. The summed E-state index contributed by atoms with van der Waals surface area (Å²) in [6, 6.07) is 5.27. The third-order valence-corrected chi connectivity index (χ3v) is 4.90. The van der Waals surface area contributed by atoms with Crippen LogP contribution in [-0.2, 0) is 10.0 Å². The Bertz CT molecular complexity index is 705. The van der Waals surface area contributed by atoms with E-state index in [1.54, 1.807) is 18.2 Å². The van der Waals surface area contributed by atoms with Crippen molar-refractivity contribution in [3.05, 3.63) is 24.4 Å². The number of hydrogen-bond acceptors (Lipinski definition) is 3. The first kappa shape index (κ1) is 11.6. The highest BCUT2D eigenvalue weighted by atomic mass is 32.2. The fraction of sp³-hybridized carbons (Fsp3) is 0.333. The Hall–Kier alpha value is -1.53. The third-order valence-electron chi connectivity index (χ3n) is 3.37. The van der Waals surface area contributed by atoms with Crippen LogP contribution in [0.5, 0.6) is 0 Å². The molecule has 3 rings (SSSR count). The molecular weight excluding hydrogens is 250 g/mol. The van der Waals surface area contributed by atoms with Crippen molar-refractivity contribution in [1.82, 2.24) is 9.71 Å². The van der Waals surface area contributed by atoms with Gasteiger partial charge < -0.3 is 10.7 Å². The van der Waals surface area contributed by atoms with Crippen LogP contribution in [0.1, 0.15) is 13.3 Å². The van der Waals surface area contributed by atoms with Crippen molar-refractivity contribution in [2.45, 2.75) is 24.3 Å². The smallest absolute Gasteiger partial charge is 0.242 e. The second-order valence-corrected chi connectivity index (χ2v) is 6.58. The van der Waals surface area contributed by atoms with Crippen LogP contribution in [0, 0.1) is 5.92 Å². The number of fused-ring (bicyclic) bond motifs is 1. The molecule has 0 saturated heterocycles. The lowest BCUT2D eigenvalue weighted by Gasteiger charge is -2.04. The molecule has 96 valence electrons. The first-order valence-electron chi connectivity index (χ1n) is 5.86. The zero-order valence-corrected chi connectivity index (χ0v) is 10.8. The Morgan fingerprint density at radius 1 is 1.44 bits per heavy atom. The number of nitrogens with one attached hydrogen (secondary N) is 2. The van der Waals surface area contributed by atoms with Crippen molar-refractivity contribution < 1.29 is 8.42 Å². The third kappa shape index (κ3) is 1.87. The van der Waals surface area contributed by atoms with E-state index in [1.165, 1.54) is 6.20 Å². The van der Waals surface area contributed by atoms with E-state index in [-0.39, 0.29) is 10.9 Å². The van der Waals surface area contributed by atoms with Crippen LogP contribution < -0.4 is 10.5 Å². The second kappa shape index (κ2) is 3.73.